The van der Waals surface area contributed by atoms with Crippen LogP contribution in [-0.4, -0.2) is 49.8 Å². The third kappa shape index (κ3) is 27.2. The normalized spacial score (nSPS) is 10.2. The van der Waals surface area contributed by atoms with Gasteiger partial charge < -0.3 is 0 Å². The van der Waals surface area contributed by atoms with Crippen LogP contribution in [0.5, 0.6) is 0 Å². The van der Waals surface area contributed by atoms with Crippen LogP contribution < -0.4 is 0 Å². The molecule has 6 heterocycles. The smallest absolute Gasteiger partial charge is 0.200 e. The minimum atomic E-state index is 0.542. The standard InChI is InChI=1S/2C16H11BrN2.2C15H10BrN3.C12H9Br.2C10H7Br.C6H5Br/c17-15-11-14(12-7-3-1-4-8-12)18-16(19-15)13-9-5-2-6-10-13;17-16-18-14(12-7-3-1-4-8-12)11-15(19-16)13-9-5-2-6-10-13;16-11-9-14(12-5-1-3-7-17-12)19-15(10-11)13-6-2-4-8-18-13;16-15-18-13(11-7-3-1-4-8-11)17-14(19-15)12-9-5-2-6-10-12;13-12-8-6-11(7-9-12)10-4-2-1-3-5-10;11-10-7-3-5-8-4-1-2-6-9(8)10;11-10-6-5-8-3-1-2-4-9(8)7-10;7-6-4-2-1-3-5-6/h2*1-11H;2*1-10H;1-9H;2*1-7H;1-5H. The minimum Gasteiger partial charge on any atom is -0.255 e. The summed E-state index contributed by atoms with van der Waals surface area (Å²) in [4.78, 5) is 44.4. The van der Waals surface area contributed by atoms with Crippen LogP contribution in [0.25, 0.3) is 123 Å². The van der Waals surface area contributed by atoms with Crippen LogP contribution in [0.4, 0.5) is 0 Å². The lowest BCUT2D eigenvalue weighted by Gasteiger charge is -2.05. The maximum atomic E-state index is 4.63. The Morgan fingerprint density at radius 2 is 0.525 bits per heavy atom. The molecular formula is C100H70Br8N10. The van der Waals surface area contributed by atoms with Gasteiger partial charge in [-0.3, -0.25) is 9.97 Å². The molecule has 0 radical (unpaired) electrons. The van der Waals surface area contributed by atoms with Crippen LogP contribution in [0.1, 0.15) is 0 Å². The van der Waals surface area contributed by atoms with Crippen molar-refractivity contribution in [2.45, 2.75) is 0 Å². The molecule has 0 aliphatic heterocycles. The third-order valence-corrected chi connectivity index (χ3v) is 20.9. The third-order valence-electron chi connectivity index (χ3n) is 17.1. The number of fused-ring (bicyclic) bond motifs is 2. The molecule has 0 bridgehead atoms. The van der Waals surface area contributed by atoms with Gasteiger partial charge in [0.15, 0.2) is 22.2 Å². The van der Waals surface area contributed by atoms with Gasteiger partial charge in [-0.05, 0) is 171 Å². The number of rotatable bonds is 9. The first-order valence-electron chi connectivity index (χ1n) is 36.9. The Morgan fingerprint density at radius 1 is 0.169 bits per heavy atom. The Balaban J connectivity index is 0.000000126. The molecule has 0 unspecified atom stereocenters. The van der Waals surface area contributed by atoms with Crippen molar-refractivity contribution < 1.29 is 0 Å². The van der Waals surface area contributed by atoms with E-state index in [1.165, 1.54) is 32.7 Å². The average Bonchev–Trinajstić information content (AvgIpc) is 0.839. The predicted molar refractivity (Wildman–Crippen MR) is 515 cm³/mol. The van der Waals surface area contributed by atoms with Crippen LogP contribution >= 0.6 is 127 Å². The number of hydrogen-bond acceptors (Lipinski definition) is 10. The van der Waals surface area contributed by atoms with Crippen molar-refractivity contribution in [3.05, 3.63) is 461 Å². The summed E-state index contributed by atoms with van der Waals surface area (Å²) in [5, 5.41) is 5.12. The fourth-order valence-electron chi connectivity index (χ4n) is 11.4. The van der Waals surface area contributed by atoms with Gasteiger partial charge in [-0.1, -0.05) is 401 Å². The first-order chi connectivity index (χ1) is 57.8. The molecule has 118 heavy (non-hydrogen) atoms. The van der Waals surface area contributed by atoms with Gasteiger partial charge >= 0.3 is 0 Å². The average molecular weight is 2050 g/mol. The lowest BCUT2D eigenvalue weighted by molar-refractivity contribution is 1.03. The molecule has 0 spiro atoms. The van der Waals surface area contributed by atoms with Crippen molar-refractivity contribution in [3.63, 3.8) is 0 Å². The van der Waals surface area contributed by atoms with E-state index >= 15 is 0 Å². The van der Waals surface area contributed by atoms with Gasteiger partial charge in [0.25, 0.3) is 0 Å². The molecule has 19 aromatic rings. The second-order valence-electron chi connectivity index (χ2n) is 25.4. The second kappa shape index (κ2) is 46.1. The molecule has 0 aliphatic rings. The summed E-state index contributed by atoms with van der Waals surface area (Å²) in [6.07, 6.45) is 3.52. The highest BCUT2D eigenvalue weighted by Gasteiger charge is 2.12. The van der Waals surface area contributed by atoms with E-state index in [2.05, 4.69) is 299 Å². The van der Waals surface area contributed by atoms with E-state index in [9.17, 15) is 0 Å². The summed E-state index contributed by atoms with van der Waals surface area (Å²) in [6.45, 7) is 0. The van der Waals surface area contributed by atoms with Crippen molar-refractivity contribution in [1.82, 2.24) is 49.8 Å². The van der Waals surface area contributed by atoms with Crippen molar-refractivity contribution in [2.24, 2.45) is 0 Å². The fourth-order valence-corrected chi connectivity index (χ4v) is 14.4. The quantitative estimate of drug-likeness (QED) is 0.102. The highest BCUT2D eigenvalue weighted by atomic mass is 79.9. The molecule has 0 N–H and O–H groups in total. The van der Waals surface area contributed by atoms with E-state index in [0.717, 1.165) is 106 Å². The fraction of sp³-hybridized carbons (Fsp3) is 0. The van der Waals surface area contributed by atoms with E-state index in [-0.39, 0.29) is 0 Å². The maximum Gasteiger partial charge on any atom is 0.200 e. The van der Waals surface area contributed by atoms with Crippen LogP contribution in [0, 0.1) is 0 Å². The molecule has 0 saturated heterocycles. The van der Waals surface area contributed by atoms with Crippen molar-refractivity contribution in [2.75, 3.05) is 0 Å². The number of hydrogen-bond donors (Lipinski definition) is 0. The van der Waals surface area contributed by atoms with E-state index in [4.69, 9.17) is 0 Å². The number of nitrogens with zero attached hydrogens (tertiary/aromatic N) is 10. The molecule has 0 amide bonds. The topological polar surface area (TPSA) is 129 Å². The number of pyridine rings is 3. The van der Waals surface area contributed by atoms with Gasteiger partial charge in [0.05, 0.1) is 39.9 Å². The molecule has 0 atom stereocenters. The van der Waals surface area contributed by atoms with Gasteiger partial charge in [-0.2, -0.15) is 0 Å². The minimum absolute atomic E-state index is 0.542. The predicted octanol–water partition coefficient (Wildman–Crippen LogP) is 30.9. The molecule has 0 fully saturated rings. The van der Waals surface area contributed by atoms with Gasteiger partial charge in [-0.25, -0.2) is 39.9 Å². The molecule has 10 nitrogen and oxygen atoms in total. The van der Waals surface area contributed by atoms with Crippen LogP contribution in [0.2, 0.25) is 0 Å². The highest BCUT2D eigenvalue weighted by Crippen LogP contribution is 2.31. The Labute approximate surface area is 754 Å². The van der Waals surface area contributed by atoms with E-state index < -0.39 is 0 Å². The molecule has 18 heteroatoms. The van der Waals surface area contributed by atoms with Crippen LogP contribution in [-0.2, 0) is 0 Å². The van der Waals surface area contributed by atoms with Gasteiger partial charge in [0.1, 0.15) is 4.60 Å². The molecule has 0 aliphatic carbocycles. The largest absolute Gasteiger partial charge is 0.255 e. The van der Waals surface area contributed by atoms with E-state index in [0.29, 0.717) is 21.1 Å². The Hall–Kier alpha value is -11.2. The SMILES string of the molecule is Brc1cc(-c2ccccc2)nc(-c2ccccc2)n1.Brc1cc(-c2ccccn2)nc(-c2ccccn2)c1.Brc1ccc(-c2ccccc2)cc1.Brc1ccc2ccccc2c1.Brc1cccc2ccccc12.Brc1ccccc1.Brc1nc(-c2ccccc2)cc(-c2ccccc2)n1.Brc1nc(-c2ccccc2)nc(-c2ccccc2)n1. The summed E-state index contributed by atoms with van der Waals surface area (Å²) in [5.41, 5.74) is 14.8. The number of aromatic nitrogens is 10. The summed E-state index contributed by atoms with van der Waals surface area (Å²) < 4.78 is 7.45. The number of halogens is 8. The van der Waals surface area contributed by atoms with Crippen LogP contribution in [0.3, 0.4) is 0 Å². The first kappa shape index (κ1) is 86.2. The Bertz CT molecular complexity index is 5520. The highest BCUT2D eigenvalue weighted by molar-refractivity contribution is 9.11. The zero-order valence-corrected chi connectivity index (χ0v) is 75.6. The van der Waals surface area contributed by atoms with Gasteiger partial charge in [0.2, 0.25) is 4.73 Å². The molecule has 576 valence electrons. The summed E-state index contributed by atoms with van der Waals surface area (Å²) in [6, 6.07) is 137. The van der Waals surface area contributed by atoms with Crippen molar-refractivity contribution in [3.8, 4) is 102 Å². The molecule has 6 aromatic heterocycles. The second-order valence-corrected chi connectivity index (χ2v) is 32.1. The summed E-state index contributed by atoms with van der Waals surface area (Å²) >= 11 is 27.4. The molecule has 0 saturated carbocycles. The van der Waals surface area contributed by atoms with Crippen molar-refractivity contribution in [1.29, 1.82) is 0 Å². The Kier molecular flexibility index (Phi) is 33.7. The van der Waals surface area contributed by atoms with Crippen molar-refractivity contribution >= 4 is 149 Å². The zero-order chi connectivity index (χ0) is 81.9. The van der Waals surface area contributed by atoms with E-state index in [1.807, 2.05) is 291 Å². The maximum absolute atomic E-state index is 4.63. The lowest BCUT2D eigenvalue weighted by Crippen LogP contribution is -1.97. The first-order valence-corrected chi connectivity index (χ1v) is 43.3. The van der Waals surface area contributed by atoms with Crippen LogP contribution in [0.15, 0.2) is 461 Å². The molecule has 19 rings (SSSR count). The summed E-state index contributed by atoms with van der Waals surface area (Å²) in [7, 11) is 0. The number of benzene rings is 13. The van der Waals surface area contributed by atoms with Gasteiger partial charge in [0, 0.05) is 68.1 Å². The monoisotopic (exact) mass is 2040 g/mol. The van der Waals surface area contributed by atoms with Gasteiger partial charge in [-0.15, -0.1) is 0 Å². The zero-order valence-electron chi connectivity index (χ0n) is 62.9. The molecule has 13 aromatic carbocycles. The lowest BCUT2D eigenvalue weighted by atomic mass is 10.1. The van der Waals surface area contributed by atoms with E-state index in [1.54, 1.807) is 12.4 Å². The summed E-state index contributed by atoms with van der Waals surface area (Å²) in [5.74, 6) is 2.07. The molecular weight excluding hydrogens is 1980 g/mol. The Morgan fingerprint density at radius 3 is 0.966 bits per heavy atom.